The molecule has 168 valence electrons. The number of methoxy groups -OCH3 is 1. The highest BCUT2D eigenvalue weighted by Gasteiger charge is 2.48. The number of carbonyl (C=O) groups excluding carboxylic acids is 1. The first-order valence-corrected chi connectivity index (χ1v) is 11.2. The standard InChI is InChI=1S/C25H28FN3O3/c1-32-25(31)23-14-18-16-6-3-5-9-20(16)28-24(18)22-13-15(27-10-11-30)12-21(29(22)23)17-7-2-4-8-19(17)26/h2-9,15,21-23,27-28,30H,10-14H2,1H3/t15-,21-,22+,23-/m0/s1. The van der Waals surface area contributed by atoms with Gasteiger partial charge in [0.15, 0.2) is 0 Å². The van der Waals surface area contributed by atoms with Crippen LogP contribution in [0, 0.1) is 5.82 Å². The van der Waals surface area contributed by atoms with Gasteiger partial charge in [-0.1, -0.05) is 36.4 Å². The molecule has 7 heteroatoms. The minimum atomic E-state index is -0.500. The van der Waals surface area contributed by atoms with E-state index in [2.05, 4.69) is 21.3 Å². The molecule has 3 N–H and O–H groups in total. The summed E-state index contributed by atoms with van der Waals surface area (Å²) in [5, 5.41) is 13.9. The number of aromatic amines is 1. The molecule has 0 aliphatic carbocycles. The SMILES string of the molecule is COC(=O)[C@@H]1Cc2c([nH]c3ccccc23)[C@H]2C[C@@H](NCCO)C[C@@H](c3ccccc3F)N21. The molecule has 0 spiro atoms. The van der Waals surface area contributed by atoms with E-state index < -0.39 is 6.04 Å². The topological polar surface area (TPSA) is 77.6 Å². The van der Waals surface area contributed by atoms with Crippen molar-refractivity contribution < 1.29 is 19.0 Å². The third kappa shape index (κ3) is 3.50. The number of esters is 1. The maximum atomic E-state index is 15.0. The number of nitrogens with zero attached hydrogens (tertiary/aromatic N) is 1. The van der Waals surface area contributed by atoms with Crippen molar-refractivity contribution in [3.05, 3.63) is 71.2 Å². The fraction of sp³-hybridized carbons (Fsp3) is 0.400. The van der Waals surface area contributed by atoms with E-state index in [9.17, 15) is 14.3 Å². The van der Waals surface area contributed by atoms with Gasteiger partial charge in [-0.3, -0.25) is 9.69 Å². The predicted octanol–water partition coefficient (Wildman–Crippen LogP) is 3.23. The van der Waals surface area contributed by atoms with Crippen LogP contribution in [-0.4, -0.2) is 53.3 Å². The number of halogens is 1. The zero-order valence-corrected chi connectivity index (χ0v) is 18.1. The van der Waals surface area contributed by atoms with E-state index in [1.54, 1.807) is 12.1 Å². The van der Waals surface area contributed by atoms with Crippen LogP contribution in [0.5, 0.6) is 0 Å². The minimum absolute atomic E-state index is 0.0394. The van der Waals surface area contributed by atoms with Crippen molar-refractivity contribution in [3.63, 3.8) is 0 Å². The van der Waals surface area contributed by atoms with Crippen molar-refractivity contribution in [2.75, 3.05) is 20.3 Å². The molecule has 6 nitrogen and oxygen atoms in total. The van der Waals surface area contributed by atoms with Crippen LogP contribution < -0.4 is 5.32 Å². The Morgan fingerprint density at radius 2 is 1.94 bits per heavy atom. The molecule has 1 aromatic heterocycles. The van der Waals surface area contributed by atoms with Gasteiger partial charge in [0, 0.05) is 47.2 Å². The molecule has 2 aliphatic rings. The Kier molecular flexibility index (Phi) is 5.71. The maximum Gasteiger partial charge on any atom is 0.323 e. The number of hydrogen-bond acceptors (Lipinski definition) is 5. The highest BCUT2D eigenvalue weighted by atomic mass is 19.1. The lowest BCUT2D eigenvalue weighted by atomic mass is 9.79. The Bertz CT molecular complexity index is 1130. The lowest BCUT2D eigenvalue weighted by Gasteiger charge is -2.50. The van der Waals surface area contributed by atoms with Crippen LogP contribution in [0.3, 0.4) is 0 Å². The van der Waals surface area contributed by atoms with E-state index in [-0.39, 0.29) is 36.5 Å². The van der Waals surface area contributed by atoms with Gasteiger partial charge >= 0.3 is 5.97 Å². The molecule has 3 heterocycles. The number of hydrogen-bond donors (Lipinski definition) is 3. The van der Waals surface area contributed by atoms with Crippen LogP contribution in [0.1, 0.15) is 41.7 Å². The third-order valence-corrected chi connectivity index (χ3v) is 6.95. The van der Waals surface area contributed by atoms with Crippen LogP contribution >= 0.6 is 0 Å². The summed E-state index contributed by atoms with van der Waals surface area (Å²) in [7, 11) is 1.41. The summed E-state index contributed by atoms with van der Waals surface area (Å²) in [6.45, 7) is 0.513. The van der Waals surface area contributed by atoms with Crippen molar-refractivity contribution >= 4 is 16.9 Å². The van der Waals surface area contributed by atoms with Gasteiger partial charge in [0.2, 0.25) is 0 Å². The highest BCUT2D eigenvalue weighted by Crippen LogP contribution is 2.49. The first-order chi connectivity index (χ1) is 15.6. The smallest absolute Gasteiger partial charge is 0.323 e. The van der Waals surface area contributed by atoms with Gasteiger partial charge in [0.25, 0.3) is 0 Å². The number of piperidine rings is 1. The van der Waals surface area contributed by atoms with Crippen LogP contribution in [0.2, 0.25) is 0 Å². The van der Waals surface area contributed by atoms with Gasteiger partial charge < -0.3 is 20.1 Å². The summed E-state index contributed by atoms with van der Waals surface area (Å²) in [4.78, 5) is 18.7. The lowest BCUT2D eigenvalue weighted by Crippen LogP contribution is -2.56. The van der Waals surface area contributed by atoms with E-state index in [0.717, 1.165) is 28.6 Å². The molecular formula is C25H28FN3O3. The minimum Gasteiger partial charge on any atom is -0.468 e. The normalized spacial score (nSPS) is 25.3. The summed E-state index contributed by atoms with van der Waals surface area (Å²) in [5.41, 5.74) is 3.84. The molecule has 5 rings (SSSR count). The van der Waals surface area contributed by atoms with E-state index in [1.807, 2.05) is 24.3 Å². The monoisotopic (exact) mass is 437 g/mol. The summed E-state index contributed by atoms with van der Waals surface area (Å²) in [5.74, 6) is -0.570. The van der Waals surface area contributed by atoms with Crippen LogP contribution in [0.4, 0.5) is 4.39 Å². The average molecular weight is 438 g/mol. The van der Waals surface area contributed by atoms with Crippen molar-refractivity contribution in [3.8, 4) is 0 Å². The number of H-pyrrole nitrogens is 1. The molecule has 32 heavy (non-hydrogen) atoms. The zero-order chi connectivity index (χ0) is 22.2. The molecule has 0 unspecified atom stereocenters. The van der Waals surface area contributed by atoms with Crippen molar-refractivity contribution in [2.24, 2.45) is 0 Å². The first-order valence-electron chi connectivity index (χ1n) is 11.2. The van der Waals surface area contributed by atoms with Gasteiger partial charge in [0.1, 0.15) is 11.9 Å². The second-order valence-electron chi connectivity index (χ2n) is 8.65. The van der Waals surface area contributed by atoms with Gasteiger partial charge in [0.05, 0.1) is 19.8 Å². The second kappa shape index (κ2) is 8.65. The highest BCUT2D eigenvalue weighted by molar-refractivity contribution is 5.87. The number of nitrogens with one attached hydrogen (secondary N) is 2. The molecule has 1 fully saturated rings. The lowest BCUT2D eigenvalue weighted by molar-refractivity contribution is -0.152. The molecular weight excluding hydrogens is 409 g/mol. The average Bonchev–Trinajstić information content (AvgIpc) is 3.20. The van der Waals surface area contributed by atoms with E-state index in [0.29, 0.717) is 24.9 Å². The van der Waals surface area contributed by atoms with Crippen molar-refractivity contribution in [1.82, 2.24) is 15.2 Å². The summed E-state index contributed by atoms with van der Waals surface area (Å²) < 4.78 is 20.2. The van der Waals surface area contributed by atoms with Crippen molar-refractivity contribution in [2.45, 2.75) is 43.4 Å². The molecule has 0 radical (unpaired) electrons. The number of ether oxygens (including phenoxy) is 1. The predicted molar refractivity (Wildman–Crippen MR) is 120 cm³/mol. The third-order valence-electron chi connectivity index (χ3n) is 6.95. The number of aromatic nitrogens is 1. The van der Waals surface area contributed by atoms with Crippen molar-refractivity contribution in [1.29, 1.82) is 0 Å². The number of para-hydroxylation sites is 1. The molecule has 2 aromatic carbocycles. The Morgan fingerprint density at radius 3 is 2.72 bits per heavy atom. The summed E-state index contributed by atoms with van der Waals surface area (Å²) >= 11 is 0. The largest absolute Gasteiger partial charge is 0.468 e. The van der Waals surface area contributed by atoms with Crippen LogP contribution in [0.25, 0.3) is 10.9 Å². The van der Waals surface area contributed by atoms with E-state index in [4.69, 9.17) is 4.74 Å². The Balaban J connectivity index is 1.66. The number of aliphatic hydroxyl groups excluding tert-OH is 1. The summed E-state index contributed by atoms with van der Waals surface area (Å²) in [6, 6.07) is 14.1. The number of rotatable bonds is 5. The number of aliphatic hydroxyl groups is 1. The number of benzene rings is 2. The first kappa shape index (κ1) is 21.1. The van der Waals surface area contributed by atoms with E-state index >= 15 is 0 Å². The quantitative estimate of drug-likeness (QED) is 0.535. The number of carbonyl (C=O) groups is 1. The molecule has 0 bridgehead atoms. The number of fused-ring (bicyclic) bond motifs is 5. The summed E-state index contributed by atoms with van der Waals surface area (Å²) in [6.07, 6.45) is 1.90. The Labute approximate surface area is 186 Å². The van der Waals surface area contributed by atoms with E-state index in [1.165, 1.54) is 13.2 Å². The van der Waals surface area contributed by atoms with Gasteiger partial charge in [-0.2, -0.15) is 0 Å². The fourth-order valence-electron chi connectivity index (χ4n) is 5.63. The molecule has 0 saturated carbocycles. The fourth-order valence-corrected chi connectivity index (χ4v) is 5.63. The van der Waals surface area contributed by atoms with Crippen LogP contribution in [-0.2, 0) is 16.0 Å². The molecule has 4 atom stereocenters. The zero-order valence-electron chi connectivity index (χ0n) is 18.1. The molecule has 1 saturated heterocycles. The maximum absolute atomic E-state index is 15.0. The Morgan fingerprint density at radius 1 is 1.19 bits per heavy atom. The molecule has 2 aliphatic heterocycles. The van der Waals surface area contributed by atoms with Gasteiger partial charge in [-0.15, -0.1) is 0 Å². The van der Waals surface area contributed by atoms with Gasteiger partial charge in [-0.25, -0.2) is 4.39 Å². The second-order valence-corrected chi connectivity index (χ2v) is 8.65. The molecule has 3 aromatic rings. The Hall–Kier alpha value is -2.74. The molecule has 0 amide bonds. The van der Waals surface area contributed by atoms with Gasteiger partial charge in [-0.05, 0) is 30.5 Å². The van der Waals surface area contributed by atoms with Crippen LogP contribution in [0.15, 0.2) is 48.5 Å².